The second kappa shape index (κ2) is 6.53. The molecule has 0 bridgehead atoms. The lowest BCUT2D eigenvalue weighted by molar-refractivity contribution is -0.117. The van der Waals surface area contributed by atoms with Crippen LogP contribution in [0.15, 0.2) is 66.7 Å². The lowest BCUT2D eigenvalue weighted by Crippen LogP contribution is -2.24. The van der Waals surface area contributed by atoms with Gasteiger partial charge in [0.1, 0.15) is 11.5 Å². The second-order valence-corrected chi connectivity index (χ2v) is 7.01. The maximum Gasteiger partial charge on any atom is 0.255 e. The first-order chi connectivity index (χ1) is 13.7. The van der Waals surface area contributed by atoms with Crippen LogP contribution < -0.4 is 15.0 Å². The van der Waals surface area contributed by atoms with Crippen LogP contribution in [0.1, 0.15) is 21.5 Å². The molecule has 5 heteroatoms. The molecule has 5 nitrogen and oxygen atoms in total. The van der Waals surface area contributed by atoms with Crippen LogP contribution >= 0.6 is 0 Å². The van der Waals surface area contributed by atoms with Crippen LogP contribution in [0.5, 0.6) is 11.5 Å². The number of carbonyl (C=O) groups is 2. The zero-order chi connectivity index (χ0) is 19.1. The van der Waals surface area contributed by atoms with E-state index in [4.69, 9.17) is 4.74 Å². The number of rotatable bonds is 4. The van der Waals surface area contributed by atoms with Crippen molar-refractivity contribution in [3.05, 3.63) is 83.4 Å². The molecular weight excluding hydrogens is 352 g/mol. The van der Waals surface area contributed by atoms with Crippen molar-refractivity contribution in [1.82, 2.24) is 0 Å². The van der Waals surface area contributed by atoms with E-state index in [-0.39, 0.29) is 11.8 Å². The maximum atomic E-state index is 12.7. The molecule has 2 aliphatic rings. The van der Waals surface area contributed by atoms with Gasteiger partial charge in [-0.15, -0.1) is 0 Å². The zero-order valence-corrected chi connectivity index (χ0v) is 15.1. The van der Waals surface area contributed by atoms with Crippen molar-refractivity contribution in [2.75, 3.05) is 16.8 Å². The zero-order valence-electron chi connectivity index (χ0n) is 15.1. The van der Waals surface area contributed by atoms with Gasteiger partial charge in [0, 0.05) is 17.8 Å². The van der Waals surface area contributed by atoms with Crippen molar-refractivity contribution in [2.45, 2.75) is 12.8 Å². The van der Waals surface area contributed by atoms with E-state index in [0.717, 1.165) is 35.5 Å². The second-order valence-electron chi connectivity index (χ2n) is 7.01. The third kappa shape index (κ3) is 2.91. The van der Waals surface area contributed by atoms with Gasteiger partial charge in [0.15, 0.2) is 0 Å². The summed E-state index contributed by atoms with van der Waals surface area (Å²) in [4.78, 5) is 26.6. The molecule has 0 aliphatic carbocycles. The number of amides is 2. The summed E-state index contributed by atoms with van der Waals surface area (Å²) in [5.41, 5.74) is 4.34. The van der Waals surface area contributed by atoms with E-state index in [1.807, 2.05) is 71.6 Å². The molecule has 3 aromatic carbocycles. The molecule has 0 atom stereocenters. The smallest absolute Gasteiger partial charge is 0.255 e. The molecule has 1 N–H and O–H groups in total. The molecular formula is C23H18N2O3. The molecule has 138 valence electrons. The standard InChI is InChI=1S/C23H18N2O3/c26-21-14-16-13-17(12-15-10-11-25(21)22(15)16)23(27)24-18-6-8-20(9-7-18)28-19-4-2-1-3-5-19/h1-9,12-13H,10-11,14H2,(H,24,27). The number of carbonyl (C=O) groups excluding carboxylic acids is 2. The summed E-state index contributed by atoms with van der Waals surface area (Å²) >= 11 is 0. The van der Waals surface area contributed by atoms with E-state index in [1.54, 1.807) is 0 Å². The number of hydrogen-bond acceptors (Lipinski definition) is 3. The summed E-state index contributed by atoms with van der Waals surface area (Å²) in [6.07, 6.45) is 1.19. The minimum Gasteiger partial charge on any atom is -0.457 e. The van der Waals surface area contributed by atoms with Gasteiger partial charge in [-0.05, 0) is 66.1 Å². The van der Waals surface area contributed by atoms with Crippen LogP contribution in [0.25, 0.3) is 0 Å². The number of benzene rings is 3. The fraction of sp³-hybridized carbons (Fsp3) is 0.130. The van der Waals surface area contributed by atoms with Crippen LogP contribution in [0.2, 0.25) is 0 Å². The third-order valence-corrected chi connectivity index (χ3v) is 5.14. The minimum atomic E-state index is -0.173. The minimum absolute atomic E-state index is 0.125. The lowest BCUT2D eigenvalue weighted by atomic mass is 10.0. The highest BCUT2D eigenvalue weighted by molar-refractivity contribution is 6.08. The normalized spacial score (nSPS) is 14.1. The van der Waals surface area contributed by atoms with Crippen molar-refractivity contribution in [2.24, 2.45) is 0 Å². The summed E-state index contributed by atoms with van der Waals surface area (Å²) in [5, 5.41) is 2.92. The number of para-hydroxylation sites is 1. The Morgan fingerprint density at radius 1 is 0.929 bits per heavy atom. The predicted octanol–water partition coefficient (Wildman–Crippen LogP) is 4.18. The molecule has 0 spiro atoms. The Morgan fingerprint density at radius 3 is 2.43 bits per heavy atom. The summed E-state index contributed by atoms with van der Waals surface area (Å²) in [6, 6.07) is 20.6. The van der Waals surface area contributed by atoms with E-state index in [2.05, 4.69) is 5.32 Å². The van der Waals surface area contributed by atoms with Crippen LogP contribution in [0.3, 0.4) is 0 Å². The largest absolute Gasteiger partial charge is 0.457 e. The van der Waals surface area contributed by atoms with Gasteiger partial charge in [0.25, 0.3) is 5.91 Å². The fourth-order valence-corrected chi connectivity index (χ4v) is 3.85. The van der Waals surface area contributed by atoms with E-state index in [9.17, 15) is 9.59 Å². The number of anilines is 2. The van der Waals surface area contributed by atoms with Gasteiger partial charge < -0.3 is 15.0 Å². The van der Waals surface area contributed by atoms with Gasteiger partial charge >= 0.3 is 0 Å². The average molecular weight is 370 g/mol. The molecule has 0 fully saturated rings. The molecule has 0 saturated carbocycles. The summed E-state index contributed by atoms with van der Waals surface area (Å²) in [6.45, 7) is 0.717. The Kier molecular flexibility index (Phi) is 3.86. The highest BCUT2D eigenvalue weighted by Crippen LogP contribution is 2.38. The fourth-order valence-electron chi connectivity index (χ4n) is 3.85. The average Bonchev–Trinajstić information content (AvgIpc) is 3.28. The van der Waals surface area contributed by atoms with Crippen molar-refractivity contribution >= 4 is 23.2 Å². The highest BCUT2D eigenvalue weighted by Gasteiger charge is 2.34. The van der Waals surface area contributed by atoms with Crippen LogP contribution in [-0.2, 0) is 17.6 Å². The molecule has 0 unspecified atom stereocenters. The Labute approximate surface area is 162 Å². The molecule has 0 radical (unpaired) electrons. The molecule has 28 heavy (non-hydrogen) atoms. The number of ether oxygens (including phenoxy) is 1. The summed E-state index contributed by atoms with van der Waals surface area (Å²) in [7, 11) is 0. The van der Waals surface area contributed by atoms with Gasteiger partial charge in [-0.25, -0.2) is 0 Å². The molecule has 3 aromatic rings. The Balaban J connectivity index is 1.31. The van der Waals surface area contributed by atoms with E-state index in [1.165, 1.54) is 0 Å². The van der Waals surface area contributed by atoms with Crippen LogP contribution in [0.4, 0.5) is 11.4 Å². The quantitative estimate of drug-likeness (QED) is 0.750. The van der Waals surface area contributed by atoms with Crippen molar-refractivity contribution in [3.8, 4) is 11.5 Å². The molecule has 0 aromatic heterocycles. The number of hydrogen-bond donors (Lipinski definition) is 1. The highest BCUT2D eigenvalue weighted by atomic mass is 16.5. The summed E-state index contributed by atoms with van der Waals surface area (Å²) < 4.78 is 5.77. The van der Waals surface area contributed by atoms with Gasteiger partial charge in [-0.2, -0.15) is 0 Å². The maximum absolute atomic E-state index is 12.7. The van der Waals surface area contributed by atoms with E-state index < -0.39 is 0 Å². The Hall–Kier alpha value is -3.60. The molecule has 2 aliphatic heterocycles. The van der Waals surface area contributed by atoms with E-state index >= 15 is 0 Å². The van der Waals surface area contributed by atoms with Crippen molar-refractivity contribution in [3.63, 3.8) is 0 Å². The van der Waals surface area contributed by atoms with Gasteiger partial charge in [0.2, 0.25) is 5.91 Å². The first-order valence-corrected chi connectivity index (χ1v) is 9.28. The molecule has 5 rings (SSSR count). The van der Waals surface area contributed by atoms with E-state index in [0.29, 0.717) is 23.4 Å². The number of nitrogens with one attached hydrogen (secondary N) is 1. The monoisotopic (exact) mass is 370 g/mol. The molecule has 2 amide bonds. The Morgan fingerprint density at radius 2 is 1.64 bits per heavy atom. The van der Waals surface area contributed by atoms with Gasteiger partial charge in [0.05, 0.1) is 12.1 Å². The van der Waals surface area contributed by atoms with Gasteiger partial charge in [-0.1, -0.05) is 18.2 Å². The predicted molar refractivity (Wildman–Crippen MR) is 107 cm³/mol. The lowest BCUT2D eigenvalue weighted by Gasteiger charge is -2.11. The first kappa shape index (κ1) is 16.6. The topological polar surface area (TPSA) is 58.6 Å². The van der Waals surface area contributed by atoms with Crippen LogP contribution in [-0.4, -0.2) is 18.4 Å². The third-order valence-electron chi connectivity index (χ3n) is 5.14. The first-order valence-electron chi connectivity index (χ1n) is 9.28. The number of nitrogens with zero attached hydrogens (tertiary/aromatic N) is 1. The summed E-state index contributed by atoms with van der Waals surface area (Å²) in [5.74, 6) is 1.42. The molecule has 2 heterocycles. The SMILES string of the molecule is O=C(Nc1ccc(Oc2ccccc2)cc1)c1cc2c3c(c1)CC(=O)N3CC2. The van der Waals surface area contributed by atoms with Crippen LogP contribution in [0, 0.1) is 0 Å². The van der Waals surface area contributed by atoms with Gasteiger partial charge in [-0.3, -0.25) is 9.59 Å². The van der Waals surface area contributed by atoms with Crippen molar-refractivity contribution < 1.29 is 14.3 Å². The molecule has 0 saturated heterocycles. The Bertz CT molecular complexity index is 1080. The van der Waals surface area contributed by atoms with Crippen molar-refractivity contribution in [1.29, 1.82) is 0 Å².